The fourth-order valence-electron chi connectivity index (χ4n) is 2.86. The molecule has 0 radical (unpaired) electrons. The van der Waals surface area contributed by atoms with Crippen molar-refractivity contribution in [3.8, 4) is 22.9 Å². The van der Waals surface area contributed by atoms with Crippen molar-refractivity contribution >= 4 is 5.82 Å². The molecule has 0 spiro atoms. The average molecular weight is 348 g/mol. The number of aryl methyl sites for hydroxylation is 1. The summed E-state index contributed by atoms with van der Waals surface area (Å²) in [5.41, 5.74) is 3.98. The van der Waals surface area contributed by atoms with E-state index in [1.807, 2.05) is 44.2 Å². The molecular formula is C20H20N4O2. The van der Waals surface area contributed by atoms with E-state index >= 15 is 0 Å². The van der Waals surface area contributed by atoms with Crippen LogP contribution in [0, 0.1) is 13.8 Å². The molecule has 1 aromatic carbocycles. The van der Waals surface area contributed by atoms with Gasteiger partial charge in [-0.05, 0) is 50.6 Å². The summed E-state index contributed by atoms with van der Waals surface area (Å²) in [6.45, 7) is 6.39. The molecule has 26 heavy (non-hydrogen) atoms. The number of benzene rings is 1. The van der Waals surface area contributed by atoms with Crippen molar-refractivity contribution in [2.75, 3.05) is 12.1 Å². The molecule has 0 bridgehead atoms. The zero-order valence-corrected chi connectivity index (χ0v) is 15.0. The second kappa shape index (κ2) is 6.63. The van der Waals surface area contributed by atoms with E-state index in [0.717, 1.165) is 39.7 Å². The lowest BCUT2D eigenvalue weighted by atomic mass is 10.1. The maximum absolute atomic E-state index is 5.48. The Morgan fingerprint density at radius 3 is 2.73 bits per heavy atom. The summed E-state index contributed by atoms with van der Waals surface area (Å²) in [4.78, 5) is 13.5. The highest BCUT2D eigenvalue weighted by molar-refractivity contribution is 5.59. The Morgan fingerprint density at radius 1 is 1.08 bits per heavy atom. The molecule has 1 unspecified atom stereocenters. The van der Waals surface area contributed by atoms with E-state index in [1.165, 1.54) is 0 Å². The summed E-state index contributed by atoms with van der Waals surface area (Å²) in [6, 6.07) is 9.88. The molecule has 6 nitrogen and oxygen atoms in total. The van der Waals surface area contributed by atoms with Crippen molar-refractivity contribution in [2.45, 2.75) is 26.8 Å². The van der Waals surface area contributed by atoms with Crippen LogP contribution in [0.5, 0.6) is 11.5 Å². The van der Waals surface area contributed by atoms with E-state index in [1.54, 1.807) is 12.4 Å². The summed E-state index contributed by atoms with van der Waals surface area (Å²) in [6.07, 6.45) is 3.51. The van der Waals surface area contributed by atoms with Crippen molar-refractivity contribution in [1.82, 2.24) is 15.0 Å². The number of rotatable bonds is 4. The Balaban J connectivity index is 1.64. The first-order valence-corrected chi connectivity index (χ1v) is 8.53. The number of anilines is 1. The minimum absolute atomic E-state index is 0.0549. The molecule has 6 heteroatoms. The van der Waals surface area contributed by atoms with Gasteiger partial charge in [-0.3, -0.25) is 4.98 Å². The van der Waals surface area contributed by atoms with Gasteiger partial charge in [0.05, 0.1) is 6.04 Å². The number of hydrogen-bond acceptors (Lipinski definition) is 6. The van der Waals surface area contributed by atoms with Gasteiger partial charge < -0.3 is 14.8 Å². The lowest BCUT2D eigenvalue weighted by Gasteiger charge is -2.18. The van der Waals surface area contributed by atoms with Gasteiger partial charge in [0, 0.05) is 29.2 Å². The molecule has 2 aromatic heterocycles. The number of fused-ring (bicyclic) bond motifs is 1. The van der Waals surface area contributed by atoms with Gasteiger partial charge in [-0.15, -0.1) is 0 Å². The smallest absolute Gasteiger partial charge is 0.231 e. The van der Waals surface area contributed by atoms with Gasteiger partial charge in [0.2, 0.25) is 6.79 Å². The maximum atomic E-state index is 5.48. The molecule has 1 aliphatic rings. The quantitative estimate of drug-likeness (QED) is 0.767. The summed E-state index contributed by atoms with van der Waals surface area (Å²) < 4.78 is 10.9. The average Bonchev–Trinajstić information content (AvgIpc) is 3.13. The number of hydrogen-bond donors (Lipinski definition) is 1. The first-order chi connectivity index (χ1) is 12.6. The van der Waals surface area contributed by atoms with Crippen molar-refractivity contribution in [2.24, 2.45) is 0 Å². The van der Waals surface area contributed by atoms with E-state index < -0.39 is 0 Å². The molecule has 0 amide bonds. The summed E-state index contributed by atoms with van der Waals surface area (Å²) in [5, 5.41) is 3.50. The van der Waals surface area contributed by atoms with Gasteiger partial charge in [0.1, 0.15) is 5.82 Å². The van der Waals surface area contributed by atoms with Gasteiger partial charge >= 0.3 is 0 Å². The molecule has 0 fully saturated rings. The lowest BCUT2D eigenvalue weighted by Crippen LogP contribution is -2.11. The molecule has 4 rings (SSSR count). The molecule has 0 saturated heterocycles. The maximum Gasteiger partial charge on any atom is 0.231 e. The Hall–Kier alpha value is -3.15. The monoisotopic (exact) mass is 348 g/mol. The minimum Gasteiger partial charge on any atom is -0.454 e. The molecule has 1 atom stereocenters. The normalized spacial score (nSPS) is 13.5. The van der Waals surface area contributed by atoms with Crippen molar-refractivity contribution in [1.29, 1.82) is 0 Å². The third-order valence-electron chi connectivity index (χ3n) is 4.56. The standard InChI is InChI=1S/C20H20N4O2/c1-12-13(2)22-20(16-5-4-8-21-10-16)24-19(12)23-14(3)15-6-7-17-18(9-15)26-11-25-17/h4-10,14H,11H2,1-3H3,(H,22,23,24). The Bertz CT molecular complexity index is 944. The molecule has 3 heterocycles. The predicted molar refractivity (Wildman–Crippen MR) is 99.3 cm³/mol. The number of ether oxygens (including phenoxy) is 2. The van der Waals surface area contributed by atoms with Crippen LogP contribution in [0.15, 0.2) is 42.7 Å². The third kappa shape index (κ3) is 3.06. The topological polar surface area (TPSA) is 69.2 Å². The highest BCUT2D eigenvalue weighted by atomic mass is 16.7. The van der Waals surface area contributed by atoms with Crippen molar-refractivity contribution in [3.63, 3.8) is 0 Å². The van der Waals surface area contributed by atoms with Crippen LogP contribution >= 0.6 is 0 Å². The van der Waals surface area contributed by atoms with E-state index in [9.17, 15) is 0 Å². The van der Waals surface area contributed by atoms with Gasteiger partial charge in [-0.1, -0.05) is 6.07 Å². The Morgan fingerprint density at radius 2 is 1.92 bits per heavy atom. The molecular weight excluding hydrogens is 328 g/mol. The summed E-state index contributed by atoms with van der Waals surface area (Å²) in [7, 11) is 0. The largest absolute Gasteiger partial charge is 0.454 e. The first-order valence-electron chi connectivity index (χ1n) is 8.53. The van der Waals surface area contributed by atoms with Gasteiger partial charge in [0.25, 0.3) is 0 Å². The Labute approximate surface area is 152 Å². The van der Waals surface area contributed by atoms with Crippen LogP contribution < -0.4 is 14.8 Å². The zero-order valence-electron chi connectivity index (χ0n) is 15.0. The second-order valence-electron chi connectivity index (χ2n) is 6.33. The van der Waals surface area contributed by atoms with Crippen molar-refractivity contribution in [3.05, 3.63) is 59.5 Å². The number of aromatic nitrogens is 3. The van der Waals surface area contributed by atoms with Crippen LogP contribution in [0.4, 0.5) is 5.82 Å². The van der Waals surface area contributed by atoms with Gasteiger partial charge in [-0.2, -0.15) is 0 Å². The summed E-state index contributed by atoms with van der Waals surface area (Å²) in [5.74, 6) is 3.06. The third-order valence-corrected chi connectivity index (χ3v) is 4.56. The molecule has 0 aliphatic carbocycles. The highest BCUT2D eigenvalue weighted by Crippen LogP contribution is 2.35. The van der Waals surface area contributed by atoms with E-state index in [2.05, 4.69) is 22.2 Å². The van der Waals surface area contributed by atoms with E-state index in [-0.39, 0.29) is 12.8 Å². The van der Waals surface area contributed by atoms with Crippen LogP contribution in [0.3, 0.4) is 0 Å². The van der Waals surface area contributed by atoms with E-state index in [4.69, 9.17) is 14.5 Å². The van der Waals surface area contributed by atoms with Crippen LogP contribution in [0.1, 0.15) is 29.8 Å². The van der Waals surface area contributed by atoms with E-state index in [0.29, 0.717) is 5.82 Å². The van der Waals surface area contributed by atoms with Crippen LogP contribution in [-0.2, 0) is 0 Å². The molecule has 1 aliphatic heterocycles. The van der Waals surface area contributed by atoms with Crippen LogP contribution in [0.2, 0.25) is 0 Å². The summed E-state index contributed by atoms with van der Waals surface area (Å²) >= 11 is 0. The first kappa shape index (κ1) is 16.3. The number of nitrogens with zero attached hydrogens (tertiary/aromatic N) is 3. The SMILES string of the molecule is Cc1nc(-c2cccnc2)nc(NC(C)c2ccc3c(c2)OCO3)c1C. The molecule has 3 aromatic rings. The van der Waals surface area contributed by atoms with Gasteiger partial charge in [0.15, 0.2) is 17.3 Å². The number of pyridine rings is 1. The predicted octanol–water partition coefficient (Wildman–Crippen LogP) is 4.06. The van der Waals surface area contributed by atoms with Crippen LogP contribution in [-0.4, -0.2) is 21.7 Å². The second-order valence-corrected chi connectivity index (χ2v) is 6.33. The Kier molecular flexibility index (Phi) is 4.16. The molecule has 1 N–H and O–H groups in total. The lowest BCUT2D eigenvalue weighted by molar-refractivity contribution is 0.174. The van der Waals surface area contributed by atoms with Gasteiger partial charge in [-0.25, -0.2) is 9.97 Å². The molecule has 0 saturated carbocycles. The minimum atomic E-state index is 0.0549. The fourth-order valence-corrected chi connectivity index (χ4v) is 2.86. The van der Waals surface area contributed by atoms with Crippen LogP contribution in [0.25, 0.3) is 11.4 Å². The molecule has 132 valence electrons. The zero-order chi connectivity index (χ0) is 18.1. The number of nitrogens with one attached hydrogen (secondary N) is 1. The van der Waals surface area contributed by atoms with Crippen molar-refractivity contribution < 1.29 is 9.47 Å². The highest BCUT2D eigenvalue weighted by Gasteiger charge is 2.17. The fraction of sp³-hybridized carbons (Fsp3) is 0.250.